The van der Waals surface area contributed by atoms with Crippen molar-refractivity contribution < 1.29 is 82.0 Å². The predicted molar refractivity (Wildman–Crippen MR) is 282 cm³/mol. The molecule has 1 N–H and O–H groups in total. The number of aryl methyl sites for hydroxylation is 2. The number of benzene rings is 4. The zero-order chi connectivity index (χ0) is 54.0. The Kier molecular flexibility index (Phi) is 28.1. The number of esters is 3. The molecule has 0 aromatic heterocycles. The van der Waals surface area contributed by atoms with Gasteiger partial charge in [0.05, 0.1) is 68.0 Å². The molecule has 0 fully saturated rings. The van der Waals surface area contributed by atoms with Gasteiger partial charge in [-0.3, -0.25) is 0 Å². The number of ether oxygens (including phenoxy) is 6. The van der Waals surface area contributed by atoms with Crippen molar-refractivity contribution in [2.45, 2.75) is 96.3 Å². The van der Waals surface area contributed by atoms with Crippen LogP contribution >= 0.6 is 0 Å². The summed E-state index contributed by atoms with van der Waals surface area (Å²) in [6.07, 6.45) is 21.6. The number of rotatable bonds is 37. The van der Waals surface area contributed by atoms with Crippen LogP contribution in [0.2, 0.25) is 0 Å². The Morgan fingerprint density at radius 3 is 1.03 bits per heavy atom. The second-order valence-electron chi connectivity index (χ2n) is 17.1. The molecule has 4 rings (SSSR count). The van der Waals surface area contributed by atoms with E-state index < -0.39 is 23.9 Å². The SMILES string of the molecule is COC(=O)C=Cc1ccc(OOCCCCCCc2cc(C(=O)O)cc(CCCCCCOOc3ccc(C=CC(=O)OC)cc3OC)c2CCCCCCOOc2ccc(C=CC(=O)OC)cc2OC)c(OC)c1. The zero-order valence-corrected chi connectivity index (χ0v) is 44.0. The lowest BCUT2D eigenvalue weighted by Gasteiger charge is -2.17. The van der Waals surface area contributed by atoms with Crippen LogP contribution in [0.5, 0.6) is 34.5 Å². The number of methoxy groups -OCH3 is 6. The van der Waals surface area contributed by atoms with Crippen molar-refractivity contribution in [1.82, 2.24) is 0 Å². The highest BCUT2D eigenvalue weighted by Gasteiger charge is 2.16. The first kappa shape index (κ1) is 60.2. The number of aromatic carboxylic acids is 1. The normalized spacial score (nSPS) is 11.2. The third-order valence-corrected chi connectivity index (χ3v) is 11.8. The van der Waals surface area contributed by atoms with E-state index in [2.05, 4.69) is 14.2 Å². The van der Waals surface area contributed by atoms with Gasteiger partial charge in [0.15, 0.2) is 17.2 Å². The maximum Gasteiger partial charge on any atom is 0.335 e. The lowest BCUT2D eigenvalue weighted by molar-refractivity contribution is -0.208. The highest BCUT2D eigenvalue weighted by atomic mass is 17.2. The van der Waals surface area contributed by atoms with Crippen molar-refractivity contribution in [1.29, 1.82) is 0 Å². The molecule has 0 atom stereocenters. The number of carbonyl (C=O) groups excluding carboxylic acids is 3. The van der Waals surface area contributed by atoms with Crippen LogP contribution in [0.4, 0.5) is 0 Å². The number of carboxylic acid groups (broad SMARTS) is 1. The molecule has 4 aromatic carbocycles. The Hall–Kier alpha value is -7.34. The topological polar surface area (TPSA) is 199 Å². The molecular formula is C58H72O17. The van der Waals surface area contributed by atoms with Crippen molar-refractivity contribution in [3.63, 3.8) is 0 Å². The minimum absolute atomic E-state index is 0.298. The van der Waals surface area contributed by atoms with Crippen LogP contribution in [-0.4, -0.2) is 91.5 Å². The van der Waals surface area contributed by atoms with Gasteiger partial charge in [0, 0.05) is 18.2 Å². The van der Waals surface area contributed by atoms with Gasteiger partial charge in [-0.2, -0.15) is 14.7 Å². The van der Waals surface area contributed by atoms with E-state index in [0.717, 1.165) is 124 Å². The zero-order valence-electron chi connectivity index (χ0n) is 44.0. The predicted octanol–water partition coefficient (Wildman–Crippen LogP) is 11.3. The molecule has 75 heavy (non-hydrogen) atoms. The summed E-state index contributed by atoms with van der Waals surface area (Å²) in [7, 11) is 8.53. The first-order chi connectivity index (χ1) is 36.5. The fourth-order valence-corrected chi connectivity index (χ4v) is 7.75. The van der Waals surface area contributed by atoms with Crippen molar-refractivity contribution in [2.75, 3.05) is 62.5 Å². The number of unbranched alkanes of at least 4 members (excludes halogenated alkanes) is 9. The van der Waals surface area contributed by atoms with E-state index in [1.165, 1.54) is 66.5 Å². The van der Waals surface area contributed by atoms with E-state index in [9.17, 15) is 24.3 Å². The van der Waals surface area contributed by atoms with E-state index in [-0.39, 0.29) is 0 Å². The molecule has 0 radical (unpaired) electrons. The second kappa shape index (κ2) is 35.0. The summed E-state index contributed by atoms with van der Waals surface area (Å²) in [6, 6.07) is 19.3. The van der Waals surface area contributed by atoms with Crippen molar-refractivity contribution in [2.24, 2.45) is 0 Å². The average molecular weight is 1040 g/mol. The minimum Gasteiger partial charge on any atom is -0.493 e. The molecule has 0 unspecified atom stereocenters. The Bertz CT molecular complexity index is 2380. The summed E-state index contributed by atoms with van der Waals surface area (Å²) >= 11 is 0. The summed E-state index contributed by atoms with van der Waals surface area (Å²) in [4.78, 5) is 80.1. The molecule has 0 saturated heterocycles. The van der Waals surface area contributed by atoms with Crippen LogP contribution in [0.15, 0.2) is 85.0 Å². The van der Waals surface area contributed by atoms with Gasteiger partial charge in [-0.05, 0) is 158 Å². The number of hydrogen-bond donors (Lipinski definition) is 1. The number of carbonyl (C=O) groups is 4. The molecule has 0 heterocycles. The maximum atomic E-state index is 12.5. The summed E-state index contributed by atoms with van der Waals surface area (Å²) in [6.45, 7) is 1.12. The van der Waals surface area contributed by atoms with Gasteiger partial charge in [0.25, 0.3) is 0 Å². The van der Waals surface area contributed by atoms with Crippen molar-refractivity contribution in [3.05, 3.63) is 124 Å². The van der Waals surface area contributed by atoms with Gasteiger partial charge in [0.1, 0.15) is 0 Å². The highest BCUT2D eigenvalue weighted by molar-refractivity contribution is 5.89. The third kappa shape index (κ3) is 22.4. The Balaban J connectivity index is 1.29. The van der Waals surface area contributed by atoms with Crippen LogP contribution in [0.25, 0.3) is 18.2 Å². The van der Waals surface area contributed by atoms with Crippen molar-refractivity contribution >= 4 is 42.1 Å². The number of hydrogen-bond acceptors (Lipinski definition) is 16. The van der Waals surface area contributed by atoms with Crippen LogP contribution in [0.1, 0.15) is 121 Å². The largest absolute Gasteiger partial charge is 0.493 e. The van der Waals surface area contributed by atoms with E-state index in [1.54, 1.807) is 72.8 Å². The summed E-state index contributed by atoms with van der Waals surface area (Å²) < 4.78 is 30.3. The molecule has 4 aromatic rings. The summed E-state index contributed by atoms with van der Waals surface area (Å²) in [5.41, 5.74) is 5.88. The van der Waals surface area contributed by atoms with Gasteiger partial charge >= 0.3 is 23.9 Å². The first-order valence-electron chi connectivity index (χ1n) is 25.1. The molecule has 0 amide bonds. The molecule has 0 aliphatic carbocycles. The fraction of sp³-hybridized carbons (Fsp3) is 0.414. The standard InChI is InChI=1S/C58H72O17/c1-64-52-37-42(25-31-55(59)67-4)22-28-49(52)73-70-34-16-10-7-13-19-45-40-47(58(62)63)41-46(20-14-8-11-17-35-71-74-50-29-23-43(38-53(50)65-2)26-32-56(60)68-5)48(45)21-15-9-12-18-36-72-75-51-30-24-44(39-54(51)66-3)27-33-57(61)69-6/h22-33,37-41H,7-21,34-36H2,1-6H3,(H,62,63). The maximum absolute atomic E-state index is 12.5. The van der Waals surface area contributed by atoms with E-state index >= 15 is 0 Å². The Morgan fingerprint density at radius 1 is 0.400 bits per heavy atom. The van der Waals surface area contributed by atoms with E-state index in [0.29, 0.717) is 59.9 Å². The van der Waals surface area contributed by atoms with E-state index in [4.69, 9.17) is 43.5 Å². The van der Waals surface area contributed by atoms with Crippen molar-refractivity contribution in [3.8, 4) is 34.5 Å². The molecule has 17 heteroatoms. The number of carboxylic acids is 1. The fourth-order valence-electron chi connectivity index (χ4n) is 7.75. The highest BCUT2D eigenvalue weighted by Crippen LogP contribution is 2.32. The smallest absolute Gasteiger partial charge is 0.335 e. The van der Waals surface area contributed by atoms with Crippen LogP contribution < -0.4 is 28.9 Å². The molecule has 0 bridgehead atoms. The lowest BCUT2D eigenvalue weighted by atomic mass is 9.88. The monoisotopic (exact) mass is 1040 g/mol. The Labute approximate surface area is 440 Å². The summed E-state index contributed by atoms with van der Waals surface area (Å²) in [5.74, 6) is 0.295. The van der Waals surface area contributed by atoms with Gasteiger partial charge in [0.2, 0.25) is 17.2 Å². The molecule has 0 aliphatic rings. The molecule has 17 nitrogen and oxygen atoms in total. The van der Waals surface area contributed by atoms with Crippen LogP contribution in [0.3, 0.4) is 0 Å². The van der Waals surface area contributed by atoms with Gasteiger partial charge in [-0.15, -0.1) is 0 Å². The summed E-state index contributed by atoms with van der Waals surface area (Å²) in [5, 5.41) is 10.2. The van der Waals surface area contributed by atoms with Gasteiger partial charge < -0.3 is 48.2 Å². The third-order valence-electron chi connectivity index (χ3n) is 11.8. The molecule has 0 spiro atoms. The molecular weight excluding hydrogens is 969 g/mol. The second-order valence-corrected chi connectivity index (χ2v) is 17.1. The lowest BCUT2D eigenvalue weighted by Crippen LogP contribution is -2.07. The first-order valence-corrected chi connectivity index (χ1v) is 25.1. The Morgan fingerprint density at radius 2 is 0.720 bits per heavy atom. The molecule has 0 saturated carbocycles. The van der Waals surface area contributed by atoms with Gasteiger partial charge in [-0.25, -0.2) is 19.2 Å². The van der Waals surface area contributed by atoms with Crippen LogP contribution in [0, 0.1) is 0 Å². The van der Waals surface area contributed by atoms with E-state index in [1.807, 2.05) is 12.1 Å². The molecule has 406 valence electrons. The molecule has 0 aliphatic heterocycles. The van der Waals surface area contributed by atoms with Gasteiger partial charge in [-0.1, -0.05) is 56.7 Å². The minimum atomic E-state index is -0.947. The average Bonchev–Trinajstić information content (AvgIpc) is 3.43. The quantitative estimate of drug-likeness (QED) is 0.0112. The van der Waals surface area contributed by atoms with Crippen LogP contribution in [-0.2, 0) is 62.5 Å².